The Labute approximate surface area is 141 Å². The first-order valence-corrected chi connectivity index (χ1v) is 7.51. The molecule has 1 aromatic carbocycles. The number of carboxylic acid groups (broad SMARTS) is 2. The molecule has 6 nitrogen and oxygen atoms in total. The van der Waals surface area contributed by atoms with Crippen LogP contribution in [0.2, 0.25) is 5.02 Å². The van der Waals surface area contributed by atoms with Crippen molar-refractivity contribution in [1.29, 1.82) is 0 Å². The molecule has 0 aliphatic carbocycles. The van der Waals surface area contributed by atoms with Gasteiger partial charge in [0.25, 0.3) is 0 Å². The van der Waals surface area contributed by atoms with E-state index >= 15 is 0 Å². The Morgan fingerprint density at radius 2 is 1.78 bits per heavy atom. The van der Waals surface area contributed by atoms with Crippen molar-refractivity contribution in [3.05, 3.63) is 28.8 Å². The van der Waals surface area contributed by atoms with Gasteiger partial charge >= 0.3 is 11.9 Å². The van der Waals surface area contributed by atoms with Crippen LogP contribution in [0.4, 0.5) is 0 Å². The zero-order valence-electron chi connectivity index (χ0n) is 13.9. The summed E-state index contributed by atoms with van der Waals surface area (Å²) in [6.07, 6.45) is 1.00. The van der Waals surface area contributed by atoms with Crippen LogP contribution in [-0.4, -0.2) is 42.4 Å². The summed E-state index contributed by atoms with van der Waals surface area (Å²) >= 11 is 6.04. The van der Waals surface area contributed by atoms with Crippen LogP contribution in [0.1, 0.15) is 32.8 Å². The lowest BCUT2D eigenvalue weighted by atomic mass is 9.86. The standard InChI is InChI=1S/C14H22ClNO.C2H2O4/c1-14(2,3)12-10-11(15)6-7-13(12)17-9-5-8-16-4;3-1(4)2(5)6/h6-7,10,16H,5,8-9H2,1-4H3;(H,3,4)(H,5,6). The summed E-state index contributed by atoms with van der Waals surface area (Å²) in [5, 5.41) is 18.7. The molecule has 0 saturated carbocycles. The van der Waals surface area contributed by atoms with E-state index in [0.717, 1.165) is 35.9 Å². The second-order valence-corrected chi connectivity index (χ2v) is 6.24. The summed E-state index contributed by atoms with van der Waals surface area (Å²) in [6, 6.07) is 5.83. The molecule has 1 aromatic rings. The van der Waals surface area contributed by atoms with Crippen LogP contribution >= 0.6 is 11.6 Å². The van der Waals surface area contributed by atoms with Crippen LogP contribution in [0.5, 0.6) is 5.75 Å². The van der Waals surface area contributed by atoms with E-state index in [-0.39, 0.29) is 5.41 Å². The van der Waals surface area contributed by atoms with Gasteiger partial charge in [0, 0.05) is 10.6 Å². The normalized spacial score (nSPS) is 10.5. The fourth-order valence-electron chi connectivity index (χ4n) is 1.65. The number of rotatable bonds is 5. The summed E-state index contributed by atoms with van der Waals surface area (Å²) in [5.74, 6) is -2.71. The minimum absolute atomic E-state index is 0.0449. The van der Waals surface area contributed by atoms with Gasteiger partial charge in [-0.25, -0.2) is 9.59 Å². The van der Waals surface area contributed by atoms with Crippen LogP contribution in [0.3, 0.4) is 0 Å². The zero-order valence-corrected chi connectivity index (χ0v) is 14.6. The molecule has 0 atom stereocenters. The number of benzene rings is 1. The fraction of sp³-hybridized carbons (Fsp3) is 0.500. The van der Waals surface area contributed by atoms with Gasteiger partial charge in [0.05, 0.1) is 6.61 Å². The van der Waals surface area contributed by atoms with E-state index in [2.05, 4.69) is 26.1 Å². The van der Waals surface area contributed by atoms with Gasteiger partial charge in [-0.1, -0.05) is 32.4 Å². The predicted octanol–water partition coefficient (Wildman–Crippen LogP) is 2.78. The summed E-state index contributed by atoms with van der Waals surface area (Å²) in [6.45, 7) is 8.20. The monoisotopic (exact) mass is 345 g/mol. The van der Waals surface area contributed by atoms with Gasteiger partial charge in [0.2, 0.25) is 0 Å². The van der Waals surface area contributed by atoms with Crippen molar-refractivity contribution in [3.63, 3.8) is 0 Å². The van der Waals surface area contributed by atoms with Crippen molar-refractivity contribution in [2.24, 2.45) is 0 Å². The van der Waals surface area contributed by atoms with Gasteiger partial charge < -0.3 is 20.3 Å². The number of aliphatic carboxylic acids is 2. The molecule has 0 radical (unpaired) electrons. The Balaban J connectivity index is 0.000000688. The van der Waals surface area contributed by atoms with Gasteiger partial charge in [-0.15, -0.1) is 0 Å². The number of nitrogens with one attached hydrogen (secondary N) is 1. The Hall–Kier alpha value is -1.79. The first-order valence-electron chi connectivity index (χ1n) is 7.13. The van der Waals surface area contributed by atoms with Gasteiger partial charge in [-0.05, 0) is 43.6 Å². The third kappa shape index (κ3) is 9.05. The molecule has 0 amide bonds. The molecule has 7 heteroatoms. The quantitative estimate of drug-likeness (QED) is 0.561. The summed E-state index contributed by atoms with van der Waals surface area (Å²) in [4.78, 5) is 18.2. The van der Waals surface area contributed by atoms with Crippen molar-refractivity contribution < 1.29 is 24.5 Å². The van der Waals surface area contributed by atoms with E-state index in [1.807, 2.05) is 25.2 Å². The van der Waals surface area contributed by atoms with Crippen LogP contribution < -0.4 is 10.1 Å². The van der Waals surface area contributed by atoms with Crippen LogP contribution in [0, 0.1) is 0 Å². The topological polar surface area (TPSA) is 95.9 Å². The van der Waals surface area contributed by atoms with Crippen LogP contribution in [0.25, 0.3) is 0 Å². The Morgan fingerprint density at radius 1 is 1.22 bits per heavy atom. The maximum atomic E-state index is 9.10. The number of hydrogen-bond donors (Lipinski definition) is 3. The predicted molar refractivity (Wildman–Crippen MR) is 89.5 cm³/mol. The van der Waals surface area contributed by atoms with E-state index < -0.39 is 11.9 Å². The molecule has 0 aliphatic rings. The molecule has 0 unspecified atom stereocenters. The highest BCUT2D eigenvalue weighted by molar-refractivity contribution is 6.30. The summed E-state index contributed by atoms with van der Waals surface area (Å²) < 4.78 is 5.82. The molecule has 23 heavy (non-hydrogen) atoms. The maximum Gasteiger partial charge on any atom is 0.414 e. The lowest BCUT2D eigenvalue weighted by molar-refractivity contribution is -0.159. The van der Waals surface area contributed by atoms with E-state index in [9.17, 15) is 0 Å². The summed E-state index contributed by atoms with van der Waals surface area (Å²) in [5.41, 5.74) is 1.21. The molecule has 0 saturated heterocycles. The van der Waals surface area contributed by atoms with E-state index in [4.69, 9.17) is 36.1 Å². The average molecular weight is 346 g/mol. The molecular formula is C16H24ClNO5. The molecule has 0 spiro atoms. The van der Waals surface area contributed by atoms with Gasteiger partial charge in [0.1, 0.15) is 5.75 Å². The van der Waals surface area contributed by atoms with Crippen molar-refractivity contribution >= 4 is 23.5 Å². The summed E-state index contributed by atoms with van der Waals surface area (Å²) in [7, 11) is 1.95. The fourth-order valence-corrected chi connectivity index (χ4v) is 1.82. The number of hydrogen-bond acceptors (Lipinski definition) is 4. The SMILES string of the molecule is CNCCCOc1ccc(Cl)cc1C(C)(C)C.O=C(O)C(=O)O. The van der Waals surface area contributed by atoms with Gasteiger partial charge in [0.15, 0.2) is 0 Å². The molecule has 3 N–H and O–H groups in total. The first kappa shape index (κ1) is 21.2. The molecule has 130 valence electrons. The third-order valence-electron chi connectivity index (χ3n) is 2.76. The maximum absolute atomic E-state index is 9.10. The Kier molecular flexibility index (Phi) is 9.29. The van der Waals surface area contributed by atoms with E-state index in [1.54, 1.807) is 0 Å². The molecule has 1 rings (SSSR count). The lowest BCUT2D eigenvalue weighted by Crippen LogP contribution is -2.15. The second kappa shape index (κ2) is 10.1. The third-order valence-corrected chi connectivity index (χ3v) is 3.00. The van der Waals surface area contributed by atoms with E-state index in [0.29, 0.717) is 0 Å². The van der Waals surface area contributed by atoms with Crippen molar-refractivity contribution in [1.82, 2.24) is 5.32 Å². The lowest BCUT2D eigenvalue weighted by Gasteiger charge is -2.23. The minimum Gasteiger partial charge on any atom is -0.493 e. The highest BCUT2D eigenvalue weighted by Gasteiger charge is 2.19. The van der Waals surface area contributed by atoms with Gasteiger partial charge in [-0.2, -0.15) is 0 Å². The number of halogens is 1. The first-order chi connectivity index (χ1) is 10.6. The second-order valence-electron chi connectivity index (χ2n) is 5.81. The largest absolute Gasteiger partial charge is 0.493 e. The Morgan fingerprint density at radius 3 is 2.22 bits per heavy atom. The van der Waals surface area contributed by atoms with Crippen molar-refractivity contribution in [2.45, 2.75) is 32.6 Å². The average Bonchev–Trinajstić information content (AvgIpc) is 2.44. The Bertz CT molecular complexity index is 514. The molecule has 0 aliphatic heterocycles. The minimum atomic E-state index is -1.82. The molecule has 0 heterocycles. The molecule has 0 aromatic heterocycles. The van der Waals surface area contributed by atoms with E-state index in [1.165, 1.54) is 0 Å². The highest BCUT2D eigenvalue weighted by atomic mass is 35.5. The zero-order chi connectivity index (χ0) is 18.0. The molecule has 0 bridgehead atoms. The van der Waals surface area contributed by atoms with Crippen molar-refractivity contribution in [2.75, 3.05) is 20.2 Å². The van der Waals surface area contributed by atoms with Crippen LogP contribution in [-0.2, 0) is 15.0 Å². The van der Waals surface area contributed by atoms with Crippen molar-refractivity contribution in [3.8, 4) is 5.75 Å². The number of carboxylic acids is 2. The highest BCUT2D eigenvalue weighted by Crippen LogP contribution is 2.33. The number of ether oxygens (including phenoxy) is 1. The van der Waals surface area contributed by atoms with Gasteiger partial charge in [-0.3, -0.25) is 0 Å². The smallest absolute Gasteiger partial charge is 0.414 e. The molecular weight excluding hydrogens is 322 g/mol. The number of carbonyl (C=O) groups is 2. The van der Waals surface area contributed by atoms with Crippen LogP contribution in [0.15, 0.2) is 18.2 Å². The molecule has 0 fully saturated rings.